The molecule has 0 spiro atoms. The smallest absolute Gasteiger partial charge is 0.247 e. The van der Waals surface area contributed by atoms with Crippen LogP contribution in [0.25, 0.3) is 39.3 Å². The van der Waals surface area contributed by atoms with Gasteiger partial charge in [-0.25, -0.2) is 24.0 Å². The Morgan fingerprint density at radius 3 is 2.77 bits per heavy atom. The molecule has 3 aromatic heterocycles. The van der Waals surface area contributed by atoms with Gasteiger partial charge in [-0.15, -0.1) is 0 Å². The molecular weight excluding hydrogens is 445 g/mol. The van der Waals surface area contributed by atoms with E-state index >= 15 is 0 Å². The van der Waals surface area contributed by atoms with Crippen LogP contribution < -0.4 is 11.1 Å². The molecule has 3 N–H and O–H groups in total. The lowest BCUT2D eigenvalue weighted by atomic mass is 10.0. The van der Waals surface area contributed by atoms with Gasteiger partial charge in [-0.1, -0.05) is 30.3 Å². The lowest BCUT2D eigenvalue weighted by molar-refractivity contribution is -0.116. The Bertz CT molecular complexity index is 1660. The number of para-hydroxylation sites is 1. The lowest BCUT2D eigenvalue weighted by Gasteiger charge is -2.12. The second-order valence-electron chi connectivity index (χ2n) is 8.34. The number of carbonyl (C=O) groups is 1. The number of rotatable bonds is 4. The fourth-order valence-corrected chi connectivity index (χ4v) is 4.44. The van der Waals surface area contributed by atoms with E-state index in [-0.39, 0.29) is 24.1 Å². The number of benzene rings is 2. The molecular formula is C26H20FN7O. The minimum absolute atomic E-state index is 0.122. The summed E-state index contributed by atoms with van der Waals surface area (Å²) in [5, 5.41) is 9.04. The van der Waals surface area contributed by atoms with Gasteiger partial charge in [-0.05, 0) is 36.8 Å². The fourth-order valence-electron chi connectivity index (χ4n) is 4.44. The molecule has 0 bridgehead atoms. The molecule has 6 rings (SSSR count). The highest BCUT2D eigenvalue weighted by Gasteiger charge is 2.21. The number of aromatic nitrogens is 5. The summed E-state index contributed by atoms with van der Waals surface area (Å²) < 4.78 is 16.5. The number of pyridine rings is 1. The molecule has 1 saturated heterocycles. The topological polar surface area (TPSA) is 112 Å². The molecule has 0 aliphatic carbocycles. The molecule has 35 heavy (non-hydrogen) atoms. The number of carbonyl (C=O) groups excluding carboxylic acids is 1. The number of hydrogen-bond acceptors (Lipinski definition) is 6. The molecule has 1 aliphatic heterocycles. The van der Waals surface area contributed by atoms with Crippen LogP contribution in [0, 0.1) is 5.82 Å². The molecule has 0 unspecified atom stereocenters. The van der Waals surface area contributed by atoms with E-state index in [0.717, 1.165) is 16.5 Å². The van der Waals surface area contributed by atoms with Crippen LogP contribution in [0.2, 0.25) is 0 Å². The number of nitrogen functional groups attached to an aromatic ring is 1. The SMILES string of the molecule is Nc1ncnc2c1c(C=C1CCNC1=O)nn2Cc1cc2ccccc2nc1-c1ccccc1F. The Kier molecular flexibility index (Phi) is 4.95. The highest BCUT2D eigenvalue weighted by Crippen LogP contribution is 2.30. The van der Waals surface area contributed by atoms with Crippen molar-refractivity contribution >= 4 is 39.7 Å². The van der Waals surface area contributed by atoms with Crippen LogP contribution >= 0.6 is 0 Å². The van der Waals surface area contributed by atoms with Crippen LogP contribution in [0.15, 0.2) is 66.5 Å². The third kappa shape index (κ3) is 3.67. The Labute approximate surface area is 199 Å². The molecule has 5 aromatic rings. The summed E-state index contributed by atoms with van der Waals surface area (Å²) in [5.41, 5.74) is 10.3. The Balaban J connectivity index is 1.54. The monoisotopic (exact) mass is 465 g/mol. The van der Waals surface area contributed by atoms with Gasteiger partial charge < -0.3 is 11.1 Å². The van der Waals surface area contributed by atoms with Gasteiger partial charge in [-0.2, -0.15) is 5.10 Å². The zero-order valence-corrected chi connectivity index (χ0v) is 18.6. The number of nitrogens with one attached hydrogen (secondary N) is 1. The van der Waals surface area contributed by atoms with Crippen LogP contribution in [0.3, 0.4) is 0 Å². The maximum Gasteiger partial charge on any atom is 0.247 e. The first-order valence-corrected chi connectivity index (χ1v) is 11.2. The van der Waals surface area contributed by atoms with Crippen LogP contribution in [0.5, 0.6) is 0 Å². The minimum Gasteiger partial charge on any atom is -0.383 e. The van der Waals surface area contributed by atoms with Gasteiger partial charge in [0.1, 0.15) is 18.0 Å². The first-order valence-electron chi connectivity index (χ1n) is 11.2. The molecule has 9 heteroatoms. The number of halogens is 1. The maximum absolute atomic E-state index is 14.8. The van der Waals surface area contributed by atoms with Crippen molar-refractivity contribution in [3.63, 3.8) is 0 Å². The van der Waals surface area contributed by atoms with Crippen molar-refractivity contribution < 1.29 is 9.18 Å². The van der Waals surface area contributed by atoms with Crippen molar-refractivity contribution in [2.45, 2.75) is 13.0 Å². The molecule has 0 atom stereocenters. The van der Waals surface area contributed by atoms with Gasteiger partial charge in [0.2, 0.25) is 5.91 Å². The van der Waals surface area contributed by atoms with Crippen molar-refractivity contribution in [1.29, 1.82) is 0 Å². The molecule has 1 fully saturated rings. The Hall–Kier alpha value is -4.66. The molecule has 172 valence electrons. The summed E-state index contributed by atoms with van der Waals surface area (Å²) in [6.07, 6.45) is 3.72. The maximum atomic E-state index is 14.8. The number of hydrogen-bond donors (Lipinski definition) is 2. The van der Waals surface area contributed by atoms with Crippen LogP contribution in [-0.2, 0) is 11.3 Å². The largest absolute Gasteiger partial charge is 0.383 e. The van der Waals surface area contributed by atoms with Gasteiger partial charge >= 0.3 is 0 Å². The van der Waals surface area contributed by atoms with E-state index in [9.17, 15) is 9.18 Å². The molecule has 1 amide bonds. The van der Waals surface area contributed by atoms with Crippen molar-refractivity contribution in [2.75, 3.05) is 12.3 Å². The minimum atomic E-state index is -0.355. The molecule has 1 aliphatic rings. The van der Waals surface area contributed by atoms with E-state index < -0.39 is 0 Å². The van der Waals surface area contributed by atoms with E-state index in [1.165, 1.54) is 12.4 Å². The van der Waals surface area contributed by atoms with Crippen LogP contribution in [0.4, 0.5) is 10.2 Å². The summed E-state index contributed by atoms with van der Waals surface area (Å²) in [4.78, 5) is 25.5. The first kappa shape index (κ1) is 20.9. The predicted octanol–water partition coefficient (Wildman–Crippen LogP) is 3.71. The van der Waals surface area contributed by atoms with Gasteiger partial charge in [0.15, 0.2) is 5.65 Å². The van der Waals surface area contributed by atoms with Gasteiger partial charge in [0, 0.05) is 28.6 Å². The van der Waals surface area contributed by atoms with E-state index in [0.29, 0.717) is 46.5 Å². The van der Waals surface area contributed by atoms with Crippen molar-refractivity contribution in [3.8, 4) is 11.3 Å². The van der Waals surface area contributed by atoms with E-state index in [1.54, 1.807) is 29.0 Å². The zero-order chi connectivity index (χ0) is 23.9. The van der Waals surface area contributed by atoms with E-state index in [2.05, 4.69) is 15.3 Å². The average Bonchev–Trinajstić information content (AvgIpc) is 3.43. The number of anilines is 1. The number of nitrogens with two attached hydrogens (primary N) is 1. The quantitative estimate of drug-likeness (QED) is 0.392. The number of fused-ring (bicyclic) bond motifs is 2. The summed E-state index contributed by atoms with van der Waals surface area (Å²) >= 11 is 0. The van der Waals surface area contributed by atoms with Gasteiger partial charge in [0.25, 0.3) is 0 Å². The predicted molar refractivity (Wildman–Crippen MR) is 132 cm³/mol. The second kappa shape index (κ2) is 8.28. The van der Waals surface area contributed by atoms with Gasteiger partial charge in [0.05, 0.1) is 28.8 Å². The van der Waals surface area contributed by atoms with E-state index in [1.807, 2.05) is 30.3 Å². The average molecular weight is 465 g/mol. The standard InChI is InChI=1S/C26H20FN7O/c27-19-7-3-2-6-18(19)23-17(11-15-5-1-4-8-20(15)32-23)13-34-25-22(24(28)30-14-31-25)21(33-34)12-16-9-10-29-26(16)35/h1-8,11-12,14H,9-10,13H2,(H,29,35)(H2,28,30,31). The molecule has 0 saturated carbocycles. The third-order valence-electron chi connectivity index (χ3n) is 6.12. The third-order valence-corrected chi connectivity index (χ3v) is 6.12. The highest BCUT2D eigenvalue weighted by molar-refractivity contribution is 6.02. The highest BCUT2D eigenvalue weighted by atomic mass is 19.1. The van der Waals surface area contributed by atoms with Crippen molar-refractivity contribution in [2.24, 2.45) is 0 Å². The van der Waals surface area contributed by atoms with Crippen molar-refractivity contribution in [3.05, 3.63) is 83.6 Å². The van der Waals surface area contributed by atoms with E-state index in [4.69, 9.17) is 15.8 Å². The summed E-state index contributed by atoms with van der Waals surface area (Å²) in [6.45, 7) is 0.855. The van der Waals surface area contributed by atoms with Crippen LogP contribution in [0.1, 0.15) is 17.7 Å². The molecule has 8 nitrogen and oxygen atoms in total. The summed E-state index contributed by atoms with van der Waals surface area (Å²) in [7, 11) is 0. The second-order valence-corrected chi connectivity index (χ2v) is 8.34. The molecule has 2 aromatic carbocycles. The van der Waals surface area contributed by atoms with Crippen LogP contribution in [-0.4, -0.2) is 37.2 Å². The Morgan fingerprint density at radius 2 is 1.94 bits per heavy atom. The van der Waals surface area contributed by atoms with Crippen molar-refractivity contribution in [1.82, 2.24) is 30.0 Å². The van der Waals surface area contributed by atoms with Gasteiger partial charge in [-0.3, -0.25) is 4.79 Å². The lowest BCUT2D eigenvalue weighted by Crippen LogP contribution is -2.14. The summed E-state index contributed by atoms with van der Waals surface area (Å²) in [6, 6.07) is 16.3. The zero-order valence-electron chi connectivity index (χ0n) is 18.6. The number of amides is 1. The Morgan fingerprint density at radius 1 is 1.11 bits per heavy atom. The first-order chi connectivity index (χ1) is 17.1. The fraction of sp³-hybridized carbons (Fsp3) is 0.115. The number of nitrogens with zero attached hydrogens (tertiary/aromatic N) is 5. The normalized spacial score (nSPS) is 14.8. The molecule has 0 radical (unpaired) electrons. The molecule has 4 heterocycles. The summed E-state index contributed by atoms with van der Waals surface area (Å²) in [5.74, 6) is -0.202.